The van der Waals surface area contributed by atoms with E-state index in [1.54, 1.807) is 12.1 Å². The van der Waals surface area contributed by atoms with Crippen LogP contribution in [-0.2, 0) is 5.41 Å². The summed E-state index contributed by atoms with van der Waals surface area (Å²) in [5.41, 5.74) is 2.37. The molecule has 1 saturated heterocycles. The Morgan fingerprint density at radius 2 is 2.08 bits per heavy atom. The Bertz CT molecular complexity index is 870. The third-order valence-corrected chi connectivity index (χ3v) is 7.01. The number of fused-ring (bicyclic) bond motifs is 2. The molecule has 2 aromatic rings. The Morgan fingerprint density at radius 1 is 1.31 bits per heavy atom. The number of aromatic nitrogens is 2. The maximum Gasteiger partial charge on any atom is 0.271 e. The highest BCUT2D eigenvalue weighted by atomic mass is 32.1. The number of aryl methyl sites for hydroxylation is 1. The van der Waals surface area contributed by atoms with Crippen molar-refractivity contribution in [2.45, 2.75) is 44.1 Å². The van der Waals surface area contributed by atoms with Crippen LogP contribution in [0.25, 0.3) is 0 Å². The lowest BCUT2D eigenvalue weighted by Crippen LogP contribution is -2.46. The van der Waals surface area contributed by atoms with Crippen molar-refractivity contribution in [2.75, 3.05) is 24.5 Å². The Labute approximate surface area is 156 Å². The van der Waals surface area contributed by atoms with Crippen molar-refractivity contribution >= 4 is 23.1 Å². The maximum absolute atomic E-state index is 14.0. The fourth-order valence-electron chi connectivity index (χ4n) is 4.56. The molecule has 1 aromatic heterocycles. The van der Waals surface area contributed by atoms with E-state index < -0.39 is 0 Å². The van der Waals surface area contributed by atoms with Crippen LogP contribution in [0.4, 0.5) is 10.1 Å². The summed E-state index contributed by atoms with van der Waals surface area (Å²) in [6, 6.07) is 5.61. The molecule has 136 valence electrons. The van der Waals surface area contributed by atoms with Crippen LogP contribution in [0.1, 0.15) is 46.6 Å². The summed E-state index contributed by atoms with van der Waals surface area (Å²) < 4.78 is 18.0. The molecule has 3 aliphatic rings. The predicted octanol–water partition coefficient (Wildman–Crippen LogP) is 3.14. The minimum absolute atomic E-state index is 0.0631. The third kappa shape index (κ3) is 2.48. The summed E-state index contributed by atoms with van der Waals surface area (Å²) in [5.74, 6) is -0.287. The second-order valence-corrected chi connectivity index (χ2v) is 8.54. The van der Waals surface area contributed by atoms with Gasteiger partial charge >= 0.3 is 0 Å². The first kappa shape index (κ1) is 16.3. The number of piperidine rings is 1. The summed E-state index contributed by atoms with van der Waals surface area (Å²) in [6.45, 7) is 4.50. The fourth-order valence-corrected chi connectivity index (χ4v) is 5.16. The quantitative estimate of drug-likeness (QED) is 0.813. The largest absolute Gasteiger partial charge is 0.306 e. The number of amides is 1. The molecule has 1 aromatic carbocycles. The summed E-state index contributed by atoms with van der Waals surface area (Å²) >= 11 is 1.14. The number of anilines is 1. The molecule has 0 radical (unpaired) electrons. The molecule has 0 atom stereocenters. The van der Waals surface area contributed by atoms with Gasteiger partial charge in [-0.15, -0.1) is 5.10 Å². The van der Waals surface area contributed by atoms with Crippen LogP contribution in [0.3, 0.4) is 0 Å². The van der Waals surface area contributed by atoms with Crippen molar-refractivity contribution in [1.29, 1.82) is 0 Å². The smallest absolute Gasteiger partial charge is 0.271 e. The second-order valence-electron chi connectivity index (χ2n) is 7.79. The number of likely N-dealkylation sites (tertiary alicyclic amines) is 1. The van der Waals surface area contributed by atoms with Gasteiger partial charge in [0.1, 0.15) is 10.7 Å². The first-order valence-corrected chi connectivity index (χ1v) is 10.00. The van der Waals surface area contributed by atoms with E-state index in [1.165, 1.54) is 18.9 Å². The molecule has 1 saturated carbocycles. The molecular weight excluding hydrogens is 351 g/mol. The molecule has 7 heteroatoms. The first-order chi connectivity index (χ1) is 12.6. The molecule has 5 nitrogen and oxygen atoms in total. The summed E-state index contributed by atoms with van der Waals surface area (Å²) in [7, 11) is 0. The minimum Gasteiger partial charge on any atom is -0.306 e. The molecule has 5 rings (SSSR count). The van der Waals surface area contributed by atoms with Crippen molar-refractivity contribution in [1.82, 2.24) is 14.5 Å². The zero-order chi connectivity index (χ0) is 17.9. The van der Waals surface area contributed by atoms with Crippen LogP contribution in [0.5, 0.6) is 0 Å². The zero-order valence-corrected chi connectivity index (χ0v) is 15.6. The van der Waals surface area contributed by atoms with Crippen molar-refractivity contribution in [3.63, 3.8) is 0 Å². The molecule has 1 spiro atoms. The van der Waals surface area contributed by atoms with Crippen molar-refractivity contribution in [2.24, 2.45) is 0 Å². The number of nitrogens with zero attached hydrogens (tertiary/aromatic N) is 4. The van der Waals surface area contributed by atoms with Gasteiger partial charge in [0.2, 0.25) is 0 Å². The van der Waals surface area contributed by atoms with Gasteiger partial charge in [0, 0.05) is 23.7 Å². The Kier molecular flexibility index (Phi) is 3.66. The van der Waals surface area contributed by atoms with E-state index in [1.807, 2.05) is 11.8 Å². The Morgan fingerprint density at radius 3 is 2.73 bits per heavy atom. The van der Waals surface area contributed by atoms with Gasteiger partial charge in [-0.25, -0.2) is 4.39 Å². The Hall–Kier alpha value is -1.86. The summed E-state index contributed by atoms with van der Waals surface area (Å²) in [4.78, 5) is 18.1. The van der Waals surface area contributed by atoms with E-state index in [4.69, 9.17) is 0 Å². The van der Waals surface area contributed by atoms with Gasteiger partial charge in [0.05, 0.1) is 5.69 Å². The predicted molar refractivity (Wildman–Crippen MR) is 98.2 cm³/mol. The number of halogens is 1. The average molecular weight is 372 g/mol. The minimum atomic E-state index is -0.224. The van der Waals surface area contributed by atoms with E-state index in [0.29, 0.717) is 17.1 Å². The highest BCUT2D eigenvalue weighted by Crippen LogP contribution is 2.48. The van der Waals surface area contributed by atoms with E-state index in [9.17, 15) is 9.18 Å². The molecule has 2 aliphatic heterocycles. The number of rotatable bonds is 2. The van der Waals surface area contributed by atoms with Crippen LogP contribution < -0.4 is 4.90 Å². The van der Waals surface area contributed by atoms with Crippen LogP contribution >= 0.6 is 11.5 Å². The van der Waals surface area contributed by atoms with E-state index in [-0.39, 0.29) is 17.1 Å². The van der Waals surface area contributed by atoms with Crippen LogP contribution in [0.15, 0.2) is 18.2 Å². The van der Waals surface area contributed by atoms with Crippen molar-refractivity contribution in [3.8, 4) is 0 Å². The second kappa shape index (κ2) is 5.82. The maximum atomic E-state index is 14.0. The monoisotopic (exact) mass is 372 g/mol. The summed E-state index contributed by atoms with van der Waals surface area (Å²) in [5, 5.41) is 3.97. The lowest BCUT2D eigenvalue weighted by Gasteiger charge is -2.40. The highest BCUT2D eigenvalue weighted by molar-refractivity contribution is 7.08. The zero-order valence-electron chi connectivity index (χ0n) is 14.7. The highest BCUT2D eigenvalue weighted by Gasteiger charge is 2.48. The SMILES string of the molecule is Cc1nnsc1C(=O)N1CC2(CCN(C3CC3)CC2)c2cc(F)ccc21. The fraction of sp³-hybridized carbons (Fsp3) is 0.526. The molecule has 0 unspecified atom stereocenters. The van der Waals surface area contributed by atoms with E-state index >= 15 is 0 Å². The topological polar surface area (TPSA) is 49.3 Å². The van der Waals surface area contributed by atoms with Gasteiger partial charge in [0.25, 0.3) is 5.91 Å². The lowest BCUT2D eigenvalue weighted by atomic mass is 9.74. The van der Waals surface area contributed by atoms with E-state index in [0.717, 1.165) is 54.8 Å². The van der Waals surface area contributed by atoms with E-state index in [2.05, 4.69) is 14.5 Å². The molecule has 3 heterocycles. The number of hydrogen-bond acceptors (Lipinski definition) is 5. The average Bonchev–Trinajstić information content (AvgIpc) is 3.34. The molecular formula is C19H21FN4OS. The number of carbonyl (C=O) groups excluding carboxylic acids is 1. The van der Waals surface area contributed by atoms with Gasteiger partial charge < -0.3 is 9.80 Å². The molecule has 2 fully saturated rings. The number of carbonyl (C=O) groups is 1. The first-order valence-electron chi connectivity index (χ1n) is 9.22. The Balaban J connectivity index is 1.50. The summed E-state index contributed by atoms with van der Waals surface area (Å²) in [6.07, 6.45) is 4.56. The lowest BCUT2D eigenvalue weighted by molar-refractivity contribution is 0.0978. The number of hydrogen-bond donors (Lipinski definition) is 0. The van der Waals surface area contributed by atoms with Crippen LogP contribution in [-0.4, -0.2) is 46.1 Å². The van der Waals surface area contributed by atoms with Gasteiger partial charge in [0.15, 0.2) is 0 Å². The number of benzene rings is 1. The van der Waals surface area contributed by atoms with Crippen LogP contribution in [0, 0.1) is 12.7 Å². The molecule has 26 heavy (non-hydrogen) atoms. The van der Waals surface area contributed by atoms with Gasteiger partial charge in [-0.3, -0.25) is 4.79 Å². The standard InChI is InChI=1S/C19H21FN4OS/c1-12-17(26-22-21-12)18(25)24-11-19(15-10-13(20)2-5-16(15)24)6-8-23(9-7-19)14-3-4-14/h2,5,10,14H,3-4,6-9,11H2,1H3. The third-order valence-electron chi connectivity index (χ3n) is 6.19. The van der Waals surface area contributed by atoms with Gasteiger partial charge in [-0.05, 0) is 81.0 Å². The molecule has 0 N–H and O–H groups in total. The molecule has 1 amide bonds. The molecule has 0 bridgehead atoms. The van der Waals surface area contributed by atoms with Gasteiger partial charge in [-0.1, -0.05) is 4.49 Å². The van der Waals surface area contributed by atoms with Crippen LogP contribution in [0.2, 0.25) is 0 Å². The van der Waals surface area contributed by atoms with Gasteiger partial charge in [-0.2, -0.15) is 0 Å². The molecule has 1 aliphatic carbocycles. The van der Waals surface area contributed by atoms with Crippen molar-refractivity contribution < 1.29 is 9.18 Å². The van der Waals surface area contributed by atoms with Crippen molar-refractivity contribution in [3.05, 3.63) is 40.2 Å². The normalized spacial score (nSPS) is 22.0.